The fraction of sp³-hybridized carbons (Fsp3) is 0. The average Bonchev–Trinajstić information content (AvgIpc) is 1.31. The molecule has 0 bridgehead atoms. The van der Waals surface area contributed by atoms with Crippen molar-refractivity contribution in [3.8, 4) is 0 Å². The van der Waals surface area contributed by atoms with Gasteiger partial charge in [0.15, 0.2) is 0 Å². The second-order valence-corrected chi connectivity index (χ2v) is 3.70. The van der Waals surface area contributed by atoms with Crippen molar-refractivity contribution in [2.75, 3.05) is 0 Å². The van der Waals surface area contributed by atoms with Crippen LogP contribution in [0.15, 0.2) is 0 Å². The van der Waals surface area contributed by atoms with Gasteiger partial charge in [-0.2, -0.15) is 0 Å². The maximum atomic E-state index is 10.8. The molecule has 0 unspecified atom stereocenters. The molecule has 6 heteroatoms. The van der Waals surface area contributed by atoms with Gasteiger partial charge < -0.3 is 0 Å². The predicted octanol–water partition coefficient (Wildman–Crippen LogP) is -1.52. The third-order valence-electron chi connectivity index (χ3n) is 0.183. The van der Waals surface area contributed by atoms with Crippen molar-refractivity contribution in [1.29, 1.82) is 0 Å². The first-order valence-electron chi connectivity index (χ1n) is 1.05. The molecule has 0 aromatic carbocycles. The van der Waals surface area contributed by atoms with E-state index < -0.39 is 24.1 Å². The second-order valence-electron chi connectivity index (χ2n) is 0.629. The van der Waals surface area contributed by atoms with Crippen LogP contribution in [-0.4, -0.2) is 9.08 Å². The number of carboxylic acid groups (broad SMARTS) is 1. The molecule has 2 nitrogen and oxygen atoms in total. The summed E-state index contributed by atoms with van der Waals surface area (Å²) in [5, 5.41) is 7.20. The van der Waals surface area contributed by atoms with E-state index in [9.17, 15) is 8.58 Å². The van der Waals surface area contributed by atoms with E-state index in [0.29, 0.717) is 0 Å². The van der Waals surface area contributed by atoms with E-state index in [4.69, 9.17) is 9.90 Å². The fourth-order valence-corrected chi connectivity index (χ4v) is 0. The zero-order chi connectivity index (χ0) is 6.08. The summed E-state index contributed by atoms with van der Waals surface area (Å²) in [5.41, 5.74) is 0. The molecule has 0 aliphatic carbocycles. The first-order chi connectivity index (χ1) is 2.94. The number of hydrogen-bond donors (Lipinski definition) is 1. The van der Waals surface area contributed by atoms with Crippen LogP contribution in [0, 0.1) is 0 Å². The molecule has 1 N–H and O–H groups in total. The van der Waals surface area contributed by atoms with Crippen LogP contribution in [0.3, 0.4) is 0 Å². The minimum absolute atomic E-state index is 2.58. The van der Waals surface area contributed by atoms with Crippen molar-refractivity contribution in [2.45, 2.75) is 0 Å². The van der Waals surface area contributed by atoms with Gasteiger partial charge in [-0.05, 0) is 0 Å². The molecule has 0 aliphatic rings. The molecule has 0 aliphatic heterocycles. The monoisotopic (exact) mass is 229 g/mol. The van der Waals surface area contributed by atoms with Crippen molar-refractivity contribution >= 4 is 3.98 Å². The number of carbonyl (C=O) groups is 1. The van der Waals surface area contributed by atoms with Crippen LogP contribution in [0.25, 0.3) is 0 Å². The van der Waals surface area contributed by atoms with E-state index in [1.54, 1.807) is 0 Å². The summed E-state index contributed by atoms with van der Waals surface area (Å²) in [6, 6.07) is 0. The number of halogens is 4. The average molecular weight is 229 g/mol. The quantitative estimate of drug-likeness (QED) is 0.438. The molecule has 0 aromatic heterocycles. The van der Waals surface area contributed by atoms with Crippen LogP contribution in [0.2, 0.25) is 0 Å². The summed E-state index contributed by atoms with van der Waals surface area (Å²) in [7, 11) is 0. The Labute approximate surface area is 43.2 Å². The molecular weight excluding hydrogens is 228 g/mol. The van der Waals surface area contributed by atoms with Gasteiger partial charge in [0, 0.05) is 0 Å². The van der Waals surface area contributed by atoms with E-state index in [-0.39, 0.29) is 0 Å². The van der Waals surface area contributed by atoms with Gasteiger partial charge in [-0.3, -0.25) is 0 Å². The predicted molar refractivity (Wildman–Crippen MR) is 11.3 cm³/mol. The first kappa shape index (κ1) is 6.99. The molecule has 46 valence electrons. The van der Waals surface area contributed by atoms with Gasteiger partial charge in [-0.1, -0.05) is 0 Å². The molecule has 0 radical (unpaired) electrons. The van der Waals surface area contributed by atoms with Gasteiger partial charge in [0.1, 0.15) is 0 Å². The van der Waals surface area contributed by atoms with Crippen LogP contribution in [0.1, 0.15) is 0 Å². The van der Waals surface area contributed by atoms with E-state index >= 15 is 0 Å². The minimum atomic E-state index is -6.68. The zero-order valence-electron chi connectivity index (χ0n) is 2.87. The summed E-state index contributed by atoms with van der Waals surface area (Å²) < 4.78 is 29.7. The molecule has 7 heavy (non-hydrogen) atoms. The Morgan fingerprint density at radius 2 is 1.57 bits per heavy atom. The van der Waals surface area contributed by atoms with Crippen LogP contribution in [0.4, 0.5) is 13.4 Å². The van der Waals surface area contributed by atoms with Crippen molar-refractivity contribution in [1.82, 2.24) is 0 Å². The number of hydrogen-bond acceptors (Lipinski definition) is 1. The SMILES string of the molecule is O=C(O)[I-](F)(F)F. The second kappa shape index (κ2) is 1.85. The summed E-state index contributed by atoms with van der Waals surface area (Å²) >= 11 is -6.68. The maximum absolute atomic E-state index is 10.8. The van der Waals surface area contributed by atoms with Crippen LogP contribution < -0.4 is 20.2 Å². The molecule has 0 saturated heterocycles. The van der Waals surface area contributed by atoms with E-state index in [2.05, 4.69) is 0 Å². The fourth-order valence-electron chi connectivity index (χ4n) is 0. The molecule has 0 spiro atoms. The molecule has 0 fully saturated rings. The van der Waals surface area contributed by atoms with Crippen LogP contribution in [-0.2, 0) is 0 Å². The third kappa shape index (κ3) is 2.66. The van der Waals surface area contributed by atoms with Gasteiger partial charge in [0.25, 0.3) is 0 Å². The van der Waals surface area contributed by atoms with E-state index in [1.165, 1.54) is 0 Å². The van der Waals surface area contributed by atoms with Gasteiger partial charge in [0.05, 0.1) is 0 Å². The first-order valence-corrected chi connectivity index (χ1v) is 4.57. The molecule has 0 amide bonds. The van der Waals surface area contributed by atoms with Gasteiger partial charge >= 0.3 is 42.6 Å². The molecule has 0 saturated carbocycles. The normalized spacial score (nSPS) is 13.6. The van der Waals surface area contributed by atoms with Crippen molar-refractivity contribution < 1.29 is 38.6 Å². The van der Waals surface area contributed by atoms with E-state index in [1.807, 2.05) is 0 Å². The Kier molecular flexibility index (Phi) is 1.84. The summed E-state index contributed by atoms with van der Waals surface area (Å²) in [4.78, 5) is 8.98. The molecule has 0 heterocycles. The van der Waals surface area contributed by atoms with Crippen LogP contribution in [0.5, 0.6) is 0 Å². The topological polar surface area (TPSA) is 37.3 Å². The zero-order valence-corrected chi connectivity index (χ0v) is 5.02. The summed E-state index contributed by atoms with van der Waals surface area (Å²) in [5.74, 6) is 0. The van der Waals surface area contributed by atoms with E-state index in [0.717, 1.165) is 0 Å². The summed E-state index contributed by atoms with van der Waals surface area (Å²) in [6.07, 6.45) is 0. The van der Waals surface area contributed by atoms with Crippen molar-refractivity contribution in [3.05, 3.63) is 0 Å². The summed E-state index contributed by atoms with van der Waals surface area (Å²) in [6.45, 7) is 0. The molecule has 0 rings (SSSR count). The standard InChI is InChI=1S/CHF3IO2/c2-5(3,4)1(6)7/h(H,6,7)/q-1. The van der Waals surface area contributed by atoms with Crippen molar-refractivity contribution in [2.24, 2.45) is 0 Å². The molecular formula is CHF3IO2-. The van der Waals surface area contributed by atoms with Gasteiger partial charge in [-0.25, -0.2) is 0 Å². The molecule has 0 atom stereocenters. The Hall–Kier alpha value is -0.0100. The van der Waals surface area contributed by atoms with Crippen molar-refractivity contribution in [3.63, 3.8) is 0 Å². The molecule has 0 aromatic rings. The Balaban J connectivity index is 3.79. The van der Waals surface area contributed by atoms with Crippen LogP contribution >= 0.6 is 0 Å². The Morgan fingerprint density at radius 1 is 1.43 bits per heavy atom. The van der Waals surface area contributed by atoms with Gasteiger partial charge in [-0.15, -0.1) is 0 Å². The van der Waals surface area contributed by atoms with Gasteiger partial charge in [0.2, 0.25) is 0 Å². The Morgan fingerprint density at radius 3 is 1.57 bits per heavy atom. The number of rotatable bonds is 1. The third-order valence-corrected chi connectivity index (χ3v) is 1.23. The Bertz CT molecular complexity index is 85.4.